The number of carbonyl (C=O) groups is 2. The molecule has 0 radical (unpaired) electrons. The summed E-state index contributed by atoms with van der Waals surface area (Å²) < 4.78 is 0. The Morgan fingerprint density at radius 2 is 1.81 bits per heavy atom. The van der Waals surface area contributed by atoms with Crippen LogP contribution in [0.2, 0.25) is 5.02 Å². The Kier molecular flexibility index (Phi) is 10.4. The van der Waals surface area contributed by atoms with Gasteiger partial charge in [0.2, 0.25) is 11.8 Å². The molecule has 2 aliphatic heterocycles. The maximum absolute atomic E-state index is 12.5. The van der Waals surface area contributed by atoms with Crippen LogP contribution in [0.3, 0.4) is 0 Å². The predicted octanol–water partition coefficient (Wildman–Crippen LogP) is 2.41. The molecular formula is C18H27Cl3N4O2. The summed E-state index contributed by atoms with van der Waals surface area (Å²) in [6.45, 7) is 4.03. The van der Waals surface area contributed by atoms with Gasteiger partial charge < -0.3 is 15.5 Å². The zero-order valence-corrected chi connectivity index (χ0v) is 17.5. The minimum absolute atomic E-state index is 0. The Balaban J connectivity index is 0.00000182. The second-order valence-corrected chi connectivity index (χ2v) is 7.04. The van der Waals surface area contributed by atoms with E-state index in [1.807, 2.05) is 17.0 Å². The molecule has 1 atom stereocenters. The van der Waals surface area contributed by atoms with Crippen LogP contribution >= 0.6 is 36.4 Å². The molecule has 1 aromatic carbocycles. The number of piperidine rings is 1. The predicted molar refractivity (Wildman–Crippen MR) is 113 cm³/mol. The lowest BCUT2D eigenvalue weighted by Crippen LogP contribution is -2.55. The van der Waals surface area contributed by atoms with Gasteiger partial charge in [-0.05, 0) is 31.5 Å². The highest BCUT2D eigenvalue weighted by Gasteiger charge is 2.28. The average molecular weight is 438 g/mol. The van der Waals surface area contributed by atoms with E-state index >= 15 is 0 Å². The molecule has 1 aromatic rings. The van der Waals surface area contributed by atoms with Gasteiger partial charge in [-0.3, -0.25) is 14.5 Å². The van der Waals surface area contributed by atoms with Crippen molar-refractivity contribution in [3.63, 3.8) is 0 Å². The molecule has 2 heterocycles. The zero-order chi connectivity index (χ0) is 17.6. The largest absolute Gasteiger partial charge is 0.339 e. The molecule has 6 nitrogen and oxygen atoms in total. The normalized spacial score (nSPS) is 20.2. The molecular weight excluding hydrogens is 411 g/mol. The topological polar surface area (TPSA) is 64.7 Å². The summed E-state index contributed by atoms with van der Waals surface area (Å²) in [5.74, 6) is 0.127. The van der Waals surface area contributed by atoms with Crippen LogP contribution in [-0.4, -0.2) is 66.9 Å². The number of amides is 2. The zero-order valence-electron chi connectivity index (χ0n) is 15.2. The molecule has 2 N–H and O–H groups in total. The van der Waals surface area contributed by atoms with Crippen LogP contribution in [0.25, 0.3) is 0 Å². The van der Waals surface area contributed by atoms with Crippen molar-refractivity contribution in [2.75, 3.05) is 44.6 Å². The lowest BCUT2D eigenvalue weighted by atomic mass is 10.0. The highest BCUT2D eigenvalue weighted by Crippen LogP contribution is 2.20. The van der Waals surface area contributed by atoms with E-state index in [1.54, 1.807) is 12.1 Å². The van der Waals surface area contributed by atoms with Gasteiger partial charge in [0.05, 0.1) is 23.3 Å². The second-order valence-electron chi connectivity index (χ2n) is 6.63. The highest BCUT2D eigenvalue weighted by atomic mass is 35.5. The monoisotopic (exact) mass is 436 g/mol. The van der Waals surface area contributed by atoms with Crippen molar-refractivity contribution in [2.45, 2.75) is 25.3 Å². The van der Waals surface area contributed by atoms with E-state index in [-0.39, 0.29) is 42.7 Å². The summed E-state index contributed by atoms with van der Waals surface area (Å²) in [6, 6.07) is 7.18. The summed E-state index contributed by atoms with van der Waals surface area (Å²) in [6.07, 6.45) is 3.20. The lowest BCUT2D eigenvalue weighted by molar-refractivity contribution is -0.135. The Hall–Kier alpha value is -1.05. The van der Waals surface area contributed by atoms with E-state index in [9.17, 15) is 9.59 Å². The van der Waals surface area contributed by atoms with Crippen LogP contribution in [0, 0.1) is 0 Å². The quantitative estimate of drug-likeness (QED) is 0.759. The van der Waals surface area contributed by atoms with Crippen molar-refractivity contribution in [3.8, 4) is 0 Å². The molecule has 0 aromatic heterocycles. The Morgan fingerprint density at radius 1 is 1.11 bits per heavy atom. The van der Waals surface area contributed by atoms with Crippen LogP contribution in [0.4, 0.5) is 5.69 Å². The van der Waals surface area contributed by atoms with Crippen LogP contribution < -0.4 is 10.6 Å². The van der Waals surface area contributed by atoms with E-state index in [0.29, 0.717) is 43.4 Å². The van der Waals surface area contributed by atoms with Gasteiger partial charge >= 0.3 is 0 Å². The number of nitrogens with one attached hydrogen (secondary N) is 2. The summed E-state index contributed by atoms with van der Waals surface area (Å²) in [4.78, 5) is 28.7. The third kappa shape index (κ3) is 6.80. The Morgan fingerprint density at radius 3 is 2.44 bits per heavy atom. The van der Waals surface area contributed by atoms with Crippen molar-refractivity contribution in [2.24, 2.45) is 0 Å². The lowest BCUT2D eigenvalue weighted by Gasteiger charge is -2.37. The van der Waals surface area contributed by atoms with E-state index in [2.05, 4.69) is 15.5 Å². The van der Waals surface area contributed by atoms with Crippen molar-refractivity contribution in [1.82, 2.24) is 15.1 Å². The van der Waals surface area contributed by atoms with Gasteiger partial charge in [-0.2, -0.15) is 0 Å². The number of anilines is 1. The SMILES string of the molecule is Cl.Cl.O=C(CN1CCN(C(=O)C2CCCCN2)CC1)Nc1ccccc1Cl. The molecule has 2 amide bonds. The van der Waals surface area contributed by atoms with Crippen molar-refractivity contribution in [1.29, 1.82) is 0 Å². The van der Waals surface area contributed by atoms with Crippen molar-refractivity contribution in [3.05, 3.63) is 29.3 Å². The number of piperazine rings is 1. The van der Waals surface area contributed by atoms with Crippen molar-refractivity contribution < 1.29 is 9.59 Å². The maximum atomic E-state index is 12.5. The first-order chi connectivity index (χ1) is 12.1. The molecule has 9 heteroatoms. The van der Waals surface area contributed by atoms with Gasteiger partial charge in [0.1, 0.15) is 0 Å². The smallest absolute Gasteiger partial charge is 0.239 e. The van der Waals surface area contributed by atoms with Crippen LogP contribution in [0.5, 0.6) is 0 Å². The molecule has 0 aliphatic carbocycles. The first kappa shape index (κ1) is 24.0. The molecule has 2 saturated heterocycles. The van der Waals surface area contributed by atoms with Crippen LogP contribution in [0.1, 0.15) is 19.3 Å². The standard InChI is InChI=1S/C18H25ClN4O2.2ClH/c19-14-5-1-2-6-15(14)21-17(24)13-22-9-11-23(12-10-22)18(25)16-7-3-4-8-20-16;;/h1-2,5-6,16,20H,3-4,7-13H2,(H,21,24);2*1H. The third-order valence-electron chi connectivity index (χ3n) is 4.81. The van der Waals surface area contributed by atoms with Crippen molar-refractivity contribution >= 4 is 53.9 Å². The fourth-order valence-corrected chi connectivity index (χ4v) is 3.55. The first-order valence-electron chi connectivity index (χ1n) is 8.92. The fraction of sp³-hybridized carbons (Fsp3) is 0.556. The molecule has 27 heavy (non-hydrogen) atoms. The first-order valence-corrected chi connectivity index (χ1v) is 9.30. The minimum Gasteiger partial charge on any atom is -0.339 e. The van der Waals surface area contributed by atoms with Gasteiger partial charge in [-0.25, -0.2) is 0 Å². The number of halogens is 3. The number of hydrogen-bond acceptors (Lipinski definition) is 4. The fourth-order valence-electron chi connectivity index (χ4n) is 3.36. The summed E-state index contributed by atoms with van der Waals surface area (Å²) in [7, 11) is 0. The van der Waals surface area contributed by atoms with Gasteiger partial charge in [0, 0.05) is 26.2 Å². The summed E-state index contributed by atoms with van der Waals surface area (Å²) in [5.41, 5.74) is 0.631. The summed E-state index contributed by atoms with van der Waals surface area (Å²) in [5, 5.41) is 6.68. The Labute approximate surface area is 177 Å². The number of rotatable bonds is 4. The van der Waals surface area contributed by atoms with Gasteiger partial charge in [0.15, 0.2) is 0 Å². The number of nitrogens with zero attached hydrogens (tertiary/aromatic N) is 2. The van der Waals surface area contributed by atoms with E-state index in [0.717, 1.165) is 25.8 Å². The molecule has 2 fully saturated rings. The molecule has 0 saturated carbocycles. The van der Waals surface area contributed by atoms with Gasteiger partial charge in [0.25, 0.3) is 0 Å². The molecule has 2 aliphatic rings. The number of benzene rings is 1. The molecule has 0 spiro atoms. The molecule has 3 rings (SSSR count). The molecule has 152 valence electrons. The molecule has 0 bridgehead atoms. The summed E-state index contributed by atoms with van der Waals surface area (Å²) >= 11 is 6.06. The number of para-hydroxylation sites is 1. The average Bonchev–Trinajstić information content (AvgIpc) is 2.64. The van der Waals surface area contributed by atoms with Gasteiger partial charge in [-0.1, -0.05) is 30.2 Å². The molecule has 1 unspecified atom stereocenters. The third-order valence-corrected chi connectivity index (χ3v) is 5.14. The van der Waals surface area contributed by atoms with E-state index < -0.39 is 0 Å². The van der Waals surface area contributed by atoms with Crippen LogP contribution in [-0.2, 0) is 9.59 Å². The van der Waals surface area contributed by atoms with E-state index in [1.165, 1.54) is 0 Å². The number of carbonyl (C=O) groups excluding carboxylic acids is 2. The Bertz CT molecular complexity index is 618. The van der Waals surface area contributed by atoms with Gasteiger partial charge in [-0.15, -0.1) is 24.8 Å². The number of hydrogen-bond donors (Lipinski definition) is 2. The minimum atomic E-state index is -0.0816. The maximum Gasteiger partial charge on any atom is 0.239 e. The highest BCUT2D eigenvalue weighted by molar-refractivity contribution is 6.33. The second kappa shape index (κ2) is 11.7. The van der Waals surface area contributed by atoms with Crippen LogP contribution in [0.15, 0.2) is 24.3 Å². The van der Waals surface area contributed by atoms with E-state index in [4.69, 9.17) is 11.6 Å².